The molecule has 0 N–H and O–H groups in total. The fourth-order valence-electron chi connectivity index (χ4n) is 3.50. The Morgan fingerprint density at radius 1 is 0.800 bits per heavy atom. The molecule has 0 saturated carbocycles. The summed E-state index contributed by atoms with van der Waals surface area (Å²) in [5.74, 6) is 0.485. The van der Waals surface area contributed by atoms with Crippen molar-refractivity contribution in [2.24, 2.45) is 5.92 Å². The van der Waals surface area contributed by atoms with Gasteiger partial charge < -0.3 is 0 Å². The molecule has 2 nitrogen and oxygen atoms in total. The molecular formula is C23H39NO. The molecule has 1 rings (SSSR count). The smallest absolute Gasteiger partial charge is 0.166 e. The van der Waals surface area contributed by atoms with Crippen LogP contribution in [0, 0.1) is 5.92 Å². The van der Waals surface area contributed by atoms with Gasteiger partial charge in [0.25, 0.3) is 0 Å². The summed E-state index contributed by atoms with van der Waals surface area (Å²) in [6.07, 6.45) is 21.8. The van der Waals surface area contributed by atoms with Crippen LogP contribution in [0.4, 0.5) is 0 Å². The van der Waals surface area contributed by atoms with Gasteiger partial charge in [0, 0.05) is 23.9 Å². The highest BCUT2D eigenvalue weighted by molar-refractivity contribution is 5.97. The standard InChI is InChI=1S/C23H39NO/c1-3-5-6-7-8-9-10-11-12-13-14-15-16-21(4-2)23(25)22-17-19-24-20-18-22/h17-21H,3-16H2,1-2H3. The highest BCUT2D eigenvalue weighted by atomic mass is 16.1. The van der Waals surface area contributed by atoms with E-state index in [0.29, 0.717) is 5.78 Å². The average molecular weight is 346 g/mol. The van der Waals surface area contributed by atoms with E-state index in [-0.39, 0.29) is 5.92 Å². The van der Waals surface area contributed by atoms with Crippen LogP contribution in [0.2, 0.25) is 0 Å². The first-order chi connectivity index (χ1) is 12.3. The summed E-state index contributed by atoms with van der Waals surface area (Å²) >= 11 is 0. The molecule has 142 valence electrons. The second-order valence-electron chi connectivity index (χ2n) is 7.38. The monoisotopic (exact) mass is 345 g/mol. The minimum absolute atomic E-state index is 0.186. The normalized spacial score (nSPS) is 12.2. The molecule has 0 amide bonds. The molecule has 1 heterocycles. The van der Waals surface area contributed by atoms with Crippen LogP contribution in [0.3, 0.4) is 0 Å². The van der Waals surface area contributed by atoms with Crippen LogP contribution in [-0.4, -0.2) is 10.8 Å². The number of pyridine rings is 1. The second-order valence-corrected chi connectivity index (χ2v) is 7.38. The number of Topliss-reactive ketones (excluding diaryl/α,β-unsaturated/α-hetero) is 1. The molecule has 1 aromatic heterocycles. The van der Waals surface area contributed by atoms with Gasteiger partial charge in [0.05, 0.1) is 0 Å². The fourth-order valence-corrected chi connectivity index (χ4v) is 3.50. The number of aromatic nitrogens is 1. The Hall–Kier alpha value is -1.18. The lowest BCUT2D eigenvalue weighted by Gasteiger charge is -2.13. The topological polar surface area (TPSA) is 30.0 Å². The van der Waals surface area contributed by atoms with Gasteiger partial charge in [-0.05, 0) is 25.0 Å². The molecule has 0 aliphatic heterocycles. The first kappa shape index (κ1) is 21.9. The molecule has 0 aliphatic rings. The molecule has 0 bridgehead atoms. The molecule has 25 heavy (non-hydrogen) atoms. The van der Waals surface area contributed by atoms with Gasteiger partial charge in [-0.3, -0.25) is 9.78 Å². The third-order valence-electron chi connectivity index (χ3n) is 5.23. The molecule has 0 saturated heterocycles. The van der Waals surface area contributed by atoms with E-state index in [2.05, 4.69) is 18.8 Å². The molecular weight excluding hydrogens is 306 g/mol. The SMILES string of the molecule is CCCCCCCCCCCCCCC(CC)C(=O)c1ccncc1. The summed E-state index contributed by atoms with van der Waals surface area (Å²) in [7, 11) is 0. The molecule has 1 unspecified atom stereocenters. The first-order valence-electron chi connectivity index (χ1n) is 10.7. The van der Waals surface area contributed by atoms with Crippen LogP contribution >= 0.6 is 0 Å². The van der Waals surface area contributed by atoms with Crippen molar-refractivity contribution in [2.45, 2.75) is 104 Å². The van der Waals surface area contributed by atoms with Gasteiger partial charge in [0.15, 0.2) is 5.78 Å². The van der Waals surface area contributed by atoms with Gasteiger partial charge in [0.2, 0.25) is 0 Å². The molecule has 0 spiro atoms. The number of nitrogens with zero attached hydrogens (tertiary/aromatic N) is 1. The number of ketones is 1. The summed E-state index contributed by atoms with van der Waals surface area (Å²) in [6, 6.07) is 3.68. The third kappa shape index (κ3) is 10.4. The fraction of sp³-hybridized carbons (Fsp3) is 0.739. The molecule has 2 heteroatoms. The van der Waals surface area contributed by atoms with Crippen LogP contribution in [-0.2, 0) is 0 Å². The van der Waals surface area contributed by atoms with Crippen molar-refractivity contribution < 1.29 is 4.79 Å². The summed E-state index contributed by atoms with van der Waals surface area (Å²) in [4.78, 5) is 16.5. The largest absolute Gasteiger partial charge is 0.294 e. The zero-order valence-electron chi connectivity index (χ0n) is 16.6. The lowest BCUT2D eigenvalue weighted by atomic mass is 9.90. The Morgan fingerprint density at radius 3 is 1.76 bits per heavy atom. The van der Waals surface area contributed by atoms with Crippen molar-refractivity contribution >= 4 is 5.78 Å². The maximum absolute atomic E-state index is 12.5. The van der Waals surface area contributed by atoms with E-state index >= 15 is 0 Å². The van der Waals surface area contributed by atoms with Gasteiger partial charge in [-0.25, -0.2) is 0 Å². The van der Waals surface area contributed by atoms with Crippen molar-refractivity contribution in [1.29, 1.82) is 0 Å². The number of hydrogen-bond donors (Lipinski definition) is 0. The molecule has 0 aliphatic carbocycles. The summed E-state index contributed by atoms with van der Waals surface area (Å²) in [5.41, 5.74) is 0.820. The van der Waals surface area contributed by atoms with E-state index in [9.17, 15) is 4.79 Å². The molecule has 0 radical (unpaired) electrons. The lowest BCUT2D eigenvalue weighted by molar-refractivity contribution is 0.0907. The van der Waals surface area contributed by atoms with Crippen molar-refractivity contribution in [3.8, 4) is 0 Å². The zero-order valence-corrected chi connectivity index (χ0v) is 16.6. The minimum atomic E-state index is 0.186. The number of carbonyl (C=O) groups excluding carboxylic acids is 1. The van der Waals surface area contributed by atoms with Crippen molar-refractivity contribution in [1.82, 2.24) is 4.98 Å². The summed E-state index contributed by atoms with van der Waals surface area (Å²) in [5, 5.41) is 0. The van der Waals surface area contributed by atoms with Gasteiger partial charge >= 0.3 is 0 Å². The molecule has 1 aromatic rings. The Bertz CT molecular complexity index is 429. The van der Waals surface area contributed by atoms with Crippen LogP contribution in [0.5, 0.6) is 0 Å². The second kappa shape index (κ2) is 15.1. The summed E-state index contributed by atoms with van der Waals surface area (Å²) < 4.78 is 0. The average Bonchev–Trinajstić information content (AvgIpc) is 2.66. The highest BCUT2D eigenvalue weighted by Gasteiger charge is 2.17. The van der Waals surface area contributed by atoms with Gasteiger partial charge in [-0.15, -0.1) is 0 Å². The number of hydrogen-bond acceptors (Lipinski definition) is 2. The van der Waals surface area contributed by atoms with Crippen molar-refractivity contribution in [3.05, 3.63) is 30.1 Å². The number of carbonyl (C=O) groups is 1. The van der Waals surface area contributed by atoms with Gasteiger partial charge in [-0.1, -0.05) is 90.9 Å². The van der Waals surface area contributed by atoms with Crippen LogP contribution in [0.1, 0.15) is 114 Å². The van der Waals surface area contributed by atoms with Crippen LogP contribution in [0.15, 0.2) is 24.5 Å². The molecule has 0 fully saturated rings. The maximum Gasteiger partial charge on any atom is 0.166 e. The number of unbranched alkanes of at least 4 members (excludes halogenated alkanes) is 11. The summed E-state index contributed by atoms with van der Waals surface area (Å²) in [6.45, 7) is 4.40. The maximum atomic E-state index is 12.5. The Morgan fingerprint density at radius 2 is 1.28 bits per heavy atom. The first-order valence-corrected chi connectivity index (χ1v) is 10.7. The van der Waals surface area contributed by atoms with Crippen LogP contribution in [0.25, 0.3) is 0 Å². The van der Waals surface area contributed by atoms with Gasteiger partial charge in [-0.2, -0.15) is 0 Å². The zero-order chi connectivity index (χ0) is 18.2. The van der Waals surface area contributed by atoms with Crippen molar-refractivity contribution in [2.75, 3.05) is 0 Å². The van der Waals surface area contributed by atoms with E-state index < -0.39 is 0 Å². The predicted octanol–water partition coefficient (Wildman–Crippen LogP) is 7.38. The van der Waals surface area contributed by atoms with Gasteiger partial charge in [0.1, 0.15) is 0 Å². The van der Waals surface area contributed by atoms with Crippen LogP contribution < -0.4 is 0 Å². The van der Waals surface area contributed by atoms with E-state index in [1.54, 1.807) is 12.4 Å². The minimum Gasteiger partial charge on any atom is -0.294 e. The van der Waals surface area contributed by atoms with E-state index in [0.717, 1.165) is 18.4 Å². The number of rotatable bonds is 16. The third-order valence-corrected chi connectivity index (χ3v) is 5.23. The van der Waals surface area contributed by atoms with Crippen molar-refractivity contribution in [3.63, 3.8) is 0 Å². The highest BCUT2D eigenvalue weighted by Crippen LogP contribution is 2.20. The predicted molar refractivity (Wildman–Crippen MR) is 108 cm³/mol. The lowest BCUT2D eigenvalue weighted by Crippen LogP contribution is -2.14. The molecule has 1 atom stereocenters. The Kier molecular flexibility index (Phi) is 13.2. The van der Waals surface area contributed by atoms with E-state index in [1.165, 1.54) is 77.0 Å². The molecule has 0 aromatic carbocycles. The quantitative estimate of drug-likeness (QED) is 0.231. The van der Waals surface area contributed by atoms with E-state index in [1.807, 2.05) is 12.1 Å². The Labute approximate surface area is 155 Å². The van der Waals surface area contributed by atoms with E-state index in [4.69, 9.17) is 0 Å². The Balaban J connectivity index is 2.00.